The third kappa shape index (κ3) is 3.14. The molecule has 0 saturated heterocycles. The molecule has 3 N–H and O–H groups in total. The van der Waals surface area contributed by atoms with Crippen molar-refractivity contribution in [1.82, 2.24) is 10.4 Å². The largest absolute Gasteiger partial charge is 0.493 e. The third-order valence-electron chi connectivity index (χ3n) is 3.56. The lowest BCUT2D eigenvalue weighted by Crippen LogP contribution is -2.30. The van der Waals surface area contributed by atoms with Gasteiger partial charge in [-0.3, -0.25) is 16.3 Å². The van der Waals surface area contributed by atoms with Crippen LogP contribution in [0, 0.1) is 0 Å². The van der Waals surface area contributed by atoms with E-state index in [1.165, 1.54) is 0 Å². The van der Waals surface area contributed by atoms with Crippen LogP contribution in [0.3, 0.4) is 0 Å². The van der Waals surface area contributed by atoms with Gasteiger partial charge in [0.2, 0.25) is 0 Å². The van der Waals surface area contributed by atoms with E-state index in [1.807, 2.05) is 18.2 Å². The van der Waals surface area contributed by atoms with E-state index in [2.05, 4.69) is 10.4 Å². The SMILES string of the molecule is NNC(Cc1cc(Cl)cc2c1OCC2)c1ccc(Cl)cn1. The Labute approximate surface area is 133 Å². The number of nitrogens with two attached hydrogens (primary N) is 1. The summed E-state index contributed by atoms with van der Waals surface area (Å²) in [7, 11) is 0. The lowest BCUT2D eigenvalue weighted by Gasteiger charge is -2.17. The van der Waals surface area contributed by atoms with Gasteiger partial charge in [-0.05, 0) is 41.8 Å². The van der Waals surface area contributed by atoms with Gasteiger partial charge in [0, 0.05) is 17.6 Å². The number of hydrogen-bond donors (Lipinski definition) is 2. The number of halogens is 2. The minimum atomic E-state index is -0.131. The van der Waals surface area contributed by atoms with Gasteiger partial charge in [0.15, 0.2) is 0 Å². The highest BCUT2D eigenvalue weighted by molar-refractivity contribution is 6.31. The summed E-state index contributed by atoms with van der Waals surface area (Å²) in [4.78, 5) is 4.31. The molecule has 6 heteroatoms. The molecule has 1 aromatic carbocycles. The first-order chi connectivity index (χ1) is 10.2. The first-order valence-corrected chi connectivity index (χ1v) is 7.44. The molecular formula is C15H15Cl2N3O. The zero-order valence-electron chi connectivity index (χ0n) is 11.3. The lowest BCUT2D eigenvalue weighted by atomic mass is 10.00. The van der Waals surface area contributed by atoms with E-state index >= 15 is 0 Å². The molecule has 1 aromatic heterocycles. The maximum Gasteiger partial charge on any atom is 0.125 e. The van der Waals surface area contributed by atoms with Crippen molar-refractivity contribution in [1.29, 1.82) is 0 Å². The molecule has 1 atom stereocenters. The summed E-state index contributed by atoms with van der Waals surface area (Å²) in [6.07, 6.45) is 3.15. The molecule has 1 aliphatic heterocycles. The number of nitrogens with one attached hydrogen (secondary N) is 1. The van der Waals surface area contributed by atoms with E-state index in [0.29, 0.717) is 23.1 Å². The molecular weight excluding hydrogens is 309 g/mol. The Morgan fingerprint density at radius 1 is 1.29 bits per heavy atom. The number of pyridine rings is 1. The molecule has 4 nitrogen and oxygen atoms in total. The third-order valence-corrected chi connectivity index (χ3v) is 4.00. The van der Waals surface area contributed by atoms with Crippen molar-refractivity contribution in [2.24, 2.45) is 5.84 Å². The van der Waals surface area contributed by atoms with Crippen LogP contribution in [-0.2, 0) is 12.8 Å². The van der Waals surface area contributed by atoms with Crippen LogP contribution in [0.2, 0.25) is 10.0 Å². The Bertz CT molecular complexity index is 646. The number of nitrogens with zero attached hydrogens (tertiary/aromatic N) is 1. The van der Waals surface area contributed by atoms with Crippen LogP contribution in [-0.4, -0.2) is 11.6 Å². The lowest BCUT2D eigenvalue weighted by molar-refractivity contribution is 0.351. The molecule has 0 amide bonds. The quantitative estimate of drug-likeness (QED) is 0.670. The fraction of sp³-hybridized carbons (Fsp3) is 0.267. The number of ether oxygens (including phenoxy) is 1. The van der Waals surface area contributed by atoms with Gasteiger partial charge in [-0.2, -0.15) is 0 Å². The predicted octanol–water partition coefficient (Wildman–Crippen LogP) is 3.07. The number of hydrazine groups is 1. The molecule has 2 heterocycles. The summed E-state index contributed by atoms with van der Waals surface area (Å²) >= 11 is 12.0. The van der Waals surface area contributed by atoms with Gasteiger partial charge < -0.3 is 4.74 Å². The van der Waals surface area contributed by atoms with Crippen molar-refractivity contribution in [2.75, 3.05) is 6.61 Å². The summed E-state index contributed by atoms with van der Waals surface area (Å²) in [5.74, 6) is 6.60. The molecule has 0 bridgehead atoms. The fourth-order valence-electron chi connectivity index (χ4n) is 2.56. The number of rotatable bonds is 4. The van der Waals surface area contributed by atoms with Gasteiger partial charge in [0.25, 0.3) is 0 Å². The predicted molar refractivity (Wildman–Crippen MR) is 83.7 cm³/mol. The van der Waals surface area contributed by atoms with Crippen LogP contribution >= 0.6 is 23.2 Å². The van der Waals surface area contributed by atoms with E-state index in [0.717, 1.165) is 29.0 Å². The molecule has 21 heavy (non-hydrogen) atoms. The summed E-state index contributed by atoms with van der Waals surface area (Å²) < 4.78 is 5.72. The highest BCUT2D eigenvalue weighted by atomic mass is 35.5. The standard InChI is InChI=1S/C15H15Cl2N3O/c16-11-1-2-13(19-8-11)14(20-18)7-10-6-12(17)5-9-3-4-21-15(9)10/h1-2,5-6,8,14,20H,3-4,7,18H2. The van der Waals surface area contributed by atoms with Gasteiger partial charge in [0.05, 0.1) is 23.4 Å². The van der Waals surface area contributed by atoms with Crippen molar-refractivity contribution in [3.63, 3.8) is 0 Å². The van der Waals surface area contributed by atoms with Gasteiger partial charge in [-0.1, -0.05) is 23.2 Å². The van der Waals surface area contributed by atoms with E-state index in [-0.39, 0.29) is 6.04 Å². The first-order valence-electron chi connectivity index (χ1n) is 6.69. The van der Waals surface area contributed by atoms with Crippen LogP contribution in [0.5, 0.6) is 5.75 Å². The zero-order chi connectivity index (χ0) is 14.8. The van der Waals surface area contributed by atoms with Crippen molar-refractivity contribution in [3.05, 3.63) is 57.3 Å². The number of benzene rings is 1. The van der Waals surface area contributed by atoms with E-state index in [9.17, 15) is 0 Å². The molecule has 0 saturated carbocycles. The normalized spacial score (nSPS) is 14.6. The molecule has 1 unspecified atom stereocenters. The molecule has 3 rings (SSSR count). The molecule has 0 radical (unpaired) electrons. The van der Waals surface area contributed by atoms with E-state index in [1.54, 1.807) is 12.3 Å². The number of hydrogen-bond acceptors (Lipinski definition) is 4. The molecule has 0 fully saturated rings. The van der Waals surface area contributed by atoms with Crippen LogP contribution in [0.1, 0.15) is 22.9 Å². The van der Waals surface area contributed by atoms with Crippen molar-refractivity contribution in [2.45, 2.75) is 18.9 Å². The summed E-state index contributed by atoms with van der Waals surface area (Å²) in [6, 6.07) is 7.41. The fourth-order valence-corrected chi connectivity index (χ4v) is 2.94. The Hall–Kier alpha value is -1.33. The highest BCUT2D eigenvalue weighted by Gasteiger charge is 2.21. The number of fused-ring (bicyclic) bond motifs is 1. The van der Waals surface area contributed by atoms with Crippen molar-refractivity contribution < 1.29 is 4.74 Å². The van der Waals surface area contributed by atoms with Crippen LogP contribution < -0.4 is 16.0 Å². The average molecular weight is 324 g/mol. The molecule has 2 aromatic rings. The van der Waals surface area contributed by atoms with E-state index in [4.69, 9.17) is 33.8 Å². The number of aromatic nitrogens is 1. The molecule has 1 aliphatic rings. The van der Waals surface area contributed by atoms with Crippen LogP contribution in [0.15, 0.2) is 30.5 Å². The van der Waals surface area contributed by atoms with E-state index < -0.39 is 0 Å². The Morgan fingerprint density at radius 3 is 2.86 bits per heavy atom. The monoisotopic (exact) mass is 323 g/mol. The summed E-state index contributed by atoms with van der Waals surface area (Å²) in [6.45, 7) is 0.697. The smallest absolute Gasteiger partial charge is 0.125 e. The second-order valence-corrected chi connectivity index (χ2v) is 5.85. The summed E-state index contributed by atoms with van der Waals surface area (Å²) in [5, 5.41) is 1.32. The van der Waals surface area contributed by atoms with Crippen molar-refractivity contribution in [3.8, 4) is 5.75 Å². The van der Waals surface area contributed by atoms with Crippen molar-refractivity contribution >= 4 is 23.2 Å². The molecule has 110 valence electrons. The topological polar surface area (TPSA) is 60.2 Å². The second kappa shape index (κ2) is 6.20. The van der Waals surface area contributed by atoms with Gasteiger partial charge in [-0.15, -0.1) is 0 Å². The molecule has 0 aliphatic carbocycles. The summed E-state index contributed by atoms with van der Waals surface area (Å²) in [5.41, 5.74) is 5.81. The first kappa shape index (κ1) is 14.6. The zero-order valence-corrected chi connectivity index (χ0v) is 12.8. The maximum atomic E-state index is 6.18. The second-order valence-electron chi connectivity index (χ2n) is 4.98. The maximum absolute atomic E-state index is 6.18. The Morgan fingerprint density at radius 2 is 2.14 bits per heavy atom. The Balaban J connectivity index is 1.89. The minimum absolute atomic E-state index is 0.131. The average Bonchev–Trinajstić information content (AvgIpc) is 2.94. The van der Waals surface area contributed by atoms with Crippen LogP contribution in [0.4, 0.5) is 0 Å². The molecule has 0 spiro atoms. The Kier molecular flexibility index (Phi) is 4.31. The van der Waals surface area contributed by atoms with Crippen LogP contribution in [0.25, 0.3) is 0 Å². The highest BCUT2D eigenvalue weighted by Crippen LogP contribution is 2.35. The minimum Gasteiger partial charge on any atom is -0.493 e. The van der Waals surface area contributed by atoms with Gasteiger partial charge in [-0.25, -0.2) is 0 Å². The van der Waals surface area contributed by atoms with Gasteiger partial charge >= 0.3 is 0 Å². The van der Waals surface area contributed by atoms with Gasteiger partial charge in [0.1, 0.15) is 5.75 Å².